The molecule has 0 saturated carbocycles. The highest BCUT2D eigenvalue weighted by Gasteiger charge is 2.25. The number of likely N-dealkylation sites (tertiary alicyclic amines) is 1. The first-order valence-electron chi connectivity index (χ1n) is 9.52. The molecule has 0 spiro atoms. The zero-order valence-corrected chi connectivity index (χ0v) is 16.1. The van der Waals surface area contributed by atoms with Crippen LogP contribution in [-0.2, 0) is 11.3 Å². The number of amides is 1. The highest BCUT2D eigenvalue weighted by molar-refractivity contribution is 5.67. The maximum atomic E-state index is 12.3. The Hall–Kier alpha value is -2.53. The van der Waals surface area contributed by atoms with Gasteiger partial charge in [0, 0.05) is 30.7 Å². The van der Waals surface area contributed by atoms with E-state index in [0.29, 0.717) is 25.7 Å². The number of piperidine rings is 1. The summed E-state index contributed by atoms with van der Waals surface area (Å²) in [7, 11) is 1.70. The summed E-state index contributed by atoms with van der Waals surface area (Å²) in [5.74, 6) is 0.902. The van der Waals surface area contributed by atoms with Crippen molar-refractivity contribution in [3.63, 3.8) is 0 Å². The second kappa shape index (κ2) is 9.42. The minimum Gasteiger partial charge on any atom is -0.496 e. The molecule has 1 fully saturated rings. The Balaban J connectivity index is 1.45. The summed E-state index contributed by atoms with van der Waals surface area (Å²) in [5.41, 5.74) is 2.16. The Morgan fingerprint density at radius 1 is 1.11 bits per heavy atom. The van der Waals surface area contributed by atoms with Crippen LogP contribution in [0.2, 0.25) is 0 Å². The normalized spacial score (nSPS) is 16.0. The van der Waals surface area contributed by atoms with Gasteiger partial charge < -0.3 is 19.7 Å². The molecule has 5 nitrogen and oxygen atoms in total. The van der Waals surface area contributed by atoms with Crippen LogP contribution < -0.4 is 10.1 Å². The first-order valence-corrected chi connectivity index (χ1v) is 9.52. The monoisotopic (exact) mass is 368 g/mol. The van der Waals surface area contributed by atoms with E-state index >= 15 is 0 Å². The van der Waals surface area contributed by atoms with Crippen LogP contribution in [0.25, 0.3) is 0 Å². The minimum absolute atomic E-state index is 0.197. The van der Waals surface area contributed by atoms with Crippen molar-refractivity contribution in [2.45, 2.75) is 38.5 Å². The molecule has 0 unspecified atom stereocenters. The quantitative estimate of drug-likeness (QED) is 0.832. The molecular weight excluding hydrogens is 340 g/mol. The number of methoxy groups -OCH3 is 1. The van der Waals surface area contributed by atoms with Crippen LogP contribution in [0.3, 0.4) is 0 Å². The van der Waals surface area contributed by atoms with Gasteiger partial charge in [-0.05, 0) is 31.4 Å². The Kier molecular flexibility index (Phi) is 6.71. The molecule has 2 aromatic rings. The van der Waals surface area contributed by atoms with E-state index in [2.05, 4.69) is 18.3 Å². The number of ether oxygens (including phenoxy) is 2. The van der Waals surface area contributed by atoms with E-state index in [-0.39, 0.29) is 12.1 Å². The average Bonchev–Trinajstić information content (AvgIpc) is 2.73. The van der Waals surface area contributed by atoms with E-state index < -0.39 is 0 Å². The molecule has 1 heterocycles. The number of hydrogen-bond donors (Lipinski definition) is 1. The number of nitrogens with one attached hydrogen (secondary N) is 1. The molecule has 1 aliphatic heterocycles. The molecule has 2 aromatic carbocycles. The van der Waals surface area contributed by atoms with Crippen LogP contribution in [0.1, 0.15) is 36.9 Å². The molecule has 1 atom stereocenters. The summed E-state index contributed by atoms with van der Waals surface area (Å²) >= 11 is 0. The van der Waals surface area contributed by atoms with E-state index in [9.17, 15) is 4.79 Å². The number of carbonyl (C=O) groups is 1. The SMILES string of the molecule is COc1ccccc1[C@@H](C)NC1CCN(C(=O)OCc2ccccc2)CC1. The summed E-state index contributed by atoms with van der Waals surface area (Å²) in [4.78, 5) is 14.1. The standard InChI is InChI=1S/C22H28N2O3/c1-17(20-10-6-7-11-21(20)26-2)23-19-12-14-24(15-13-19)22(25)27-16-18-8-4-3-5-9-18/h3-11,17,19,23H,12-16H2,1-2H3/t17-/m1/s1. The first-order chi connectivity index (χ1) is 13.2. The molecule has 0 aromatic heterocycles. The van der Waals surface area contributed by atoms with Gasteiger partial charge in [-0.15, -0.1) is 0 Å². The van der Waals surface area contributed by atoms with Gasteiger partial charge in [0.05, 0.1) is 7.11 Å². The van der Waals surface area contributed by atoms with Crippen molar-refractivity contribution >= 4 is 6.09 Å². The zero-order valence-electron chi connectivity index (χ0n) is 16.1. The molecular formula is C22H28N2O3. The summed E-state index contributed by atoms with van der Waals surface area (Å²) in [5, 5.41) is 3.67. The van der Waals surface area contributed by atoms with E-state index in [1.807, 2.05) is 48.5 Å². The van der Waals surface area contributed by atoms with E-state index in [4.69, 9.17) is 9.47 Å². The summed E-state index contributed by atoms with van der Waals surface area (Å²) in [6.07, 6.45) is 1.61. The molecule has 0 bridgehead atoms. The summed E-state index contributed by atoms with van der Waals surface area (Å²) in [6, 6.07) is 18.4. The van der Waals surface area contributed by atoms with Crippen LogP contribution >= 0.6 is 0 Å². The second-order valence-electron chi connectivity index (χ2n) is 6.93. The van der Waals surface area contributed by atoms with Crippen LogP contribution in [0.15, 0.2) is 54.6 Å². The van der Waals surface area contributed by atoms with Crippen molar-refractivity contribution in [1.29, 1.82) is 0 Å². The van der Waals surface area contributed by atoms with Crippen molar-refractivity contribution in [3.8, 4) is 5.75 Å². The van der Waals surface area contributed by atoms with E-state index in [1.54, 1.807) is 12.0 Å². The number of carbonyl (C=O) groups excluding carboxylic acids is 1. The maximum Gasteiger partial charge on any atom is 0.410 e. The molecule has 1 N–H and O–H groups in total. The zero-order chi connectivity index (χ0) is 19.1. The van der Waals surface area contributed by atoms with Gasteiger partial charge >= 0.3 is 6.09 Å². The predicted molar refractivity (Wildman–Crippen MR) is 106 cm³/mol. The van der Waals surface area contributed by atoms with E-state index in [1.165, 1.54) is 0 Å². The van der Waals surface area contributed by atoms with Crippen molar-refractivity contribution in [2.24, 2.45) is 0 Å². The Morgan fingerprint density at radius 3 is 2.48 bits per heavy atom. The Bertz CT molecular complexity index is 727. The topological polar surface area (TPSA) is 50.8 Å². The molecule has 1 saturated heterocycles. The molecule has 27 heavy (non-hydrogen) atoms. The Labute approximate surface area is 161 Å². The fourth-order valence-electron chi connectivity index (χ4n) is 3.51. The fraction of sp³-hybridized carbons (Fsp3) is 0.409. The molecule has 0 aliphatic carbocycles. The smallest absolute Gasteiger partial charge is 0.410 e. The lowest BCUT2D eigenvalue weighted by molar-refractivity contribution is 0.0846. The molecule has 0 radical (unpaired) electrons. The van der Waals surface area contributed by atoms with E-state index in [0.717, 1.165) is 29.7 Å². The van der Waals surface area contributed by atoms with Crippen LogP contribution in [0.5, 0.6) is 5.75 Å². The van der Waals surface area contributed by atoms with Gasteiger partial charge in [-0.2, -0.15) is 0 Å². The number of benzene rings is 2. The first kappa shape index (κ1) is 19.2. The van der Waals surface area contributed by atoms with Gasteiger partial charge in [0.2, 0.25) is 0 Å². The molecule has 3 rings (SSSR count). The van der Waals surface area contributed by atoms with Crippen LogP contribution in [-0.4, -0.2) is 37.2 Å². The van der Waals surface area contributed by atoms with Crippen molar-refractivity contribution in [1.82, 2.24) is 10.2 Å². The highest BCUT2D eigenvalue weighted by Crippen LogP contribution is 2.26. The van der Waals surface area contributed by atoms with Gasteiger partial charge in [-0.1, -0.05) is 48.5 Å². The molecule has 1 amide bonds. The van der Waals surface area contributed by atoms with Crippen molar-refractivity contribution in [2.75, 3.05) is 20.2 Å². The minimum atomic E-state index is -0.227. The third-order valence-corrected chi connectivity index (χ3v) is 5.05. The lowest BCUT2D eigenvalue weighted by atomic mass is 10.0. The lowest BCUT2D eigenvalue weighted by Gasteiger charge is -2.33. The van der Waals surface area contributed by atoms with Gasteiger partial charge in [-0.3, -0.25) is 0 Å². The predicted octanol–water partition coefficient (Wildman–Crippen LogP) is 4.15. The van der Waals surface area contributed by atoms with Gasteiger partial charge in [0.15, 0.2) is 0 Å². The molecule has 144 valence electrons. The van der Waals surface area contributed by atoms with Gasteiger partial charge in [-0.25, -0.2) is 4.79 Å². The highest BCUT2D eigenvalue weighted by atomic mass is 16.6. The summed E-state index contributed by atoms with van der Waals surface area (Å²) in [6.45, 7) is 3.90. The van der Waals surface area contributed by atoms with Crippen LogP contribution in [0, 0.1) is 0 Å². The number of rotatable bonds is 6. The fourth-order valence-corrected chi connectivity index (χ4v) is 3.51. The van der Waals surface area contributed by atoms with Gasteiger partial charge in [0.25, 0.3) is 0 Å². The van der Waals surface area contributed by atoms with Crippen molar-refractivity contribution in [3.05, 3.63) is 65.7 Å². The Morgan fingerprint density at radius 2 is 1.78 bits per heavy atom. The number of nitrogens with zero attached hydrogens (tertiary/aromatic N) is 1. The van der Waals surface area contributed by atoms with Gasteiger partial charge in [0.1, 0.15) is 12.4 Å². The second-order valence-corrected chi connectivity index (χ2v) is 6.93. The number of hydrogen-bond acceptors (Lipinski definition) is 4. The van der Waals surface area contributed by atoms with Crippen molar-refractivity contribution < 1.29 is 14.3 Å². The maximum absolute atomic E-state index is 12.3. The summed E-state index contributed by atoms with van der Waals surface area (Å²) < 4.78 is 10.9. The largest absolute Gasteiger partial charge is 0.496 e. The average molecular weight is 368 g/mol. The lowest BCUT2D eigenvalue weighted by Crippen LogP contribution is -2.45. The molecule has 1 aliphatic rings. The number of para-hydroxylation sites is 1. The third kappa shape index (κ3) is 5.23. The molecule has 5 heteroatoms. The third-order valence-electron chi connectivity index (χ3n) is 5.05. The van der Waals surface area contributed by atoms with Crippen LogP contribution in [0.4, 0.5) is 4.79 Å².